The van der Waals surface area contributed by atoms with Crippen LogP contribution in [0.5, 0.6) is 0 Å². The fourth-order valence-electron chi connectivity index (χ4n) is 4.25. The van der Waals surface area contributed by atoms with Gasteiger partial charge in [0, 0.05) is 31.5 Å². The summed E-state index contributed by atoms with van der Waals surface area (Å²) in [7, 11) is 1.97. The molecule has 3 rings (SSSR count). The second-order valence-electron chi connectivity index (χ2n) is 9.11. The van der Waals surface area contributed by atoms with Gasteiger partial charge in [-0.15, -0.1) is 0 Å². The van der Waals surface area contributed by atoms with Gasteiger partial charge in [-0.05, 0) is 24.6 Å². The van der Waals surface area contributed by atoms with E-state index in [9.17, 15) is 19.5 Å². The number of likely N-dealkylation sites (N-methyl/N-ethyl adjacent to an activating group) is 1. The molecule has 0 saturated carbocycles. The van der Waals surface area contributed by atoms with E-state index in [2.05, 4.69) is 6.92 Å². The number of rotatable bonds is 11. The third-order valence-corrected chi connectivity index (χ3v) is 9.21. The smallest absolute Gasteiger partial charge is 0.310 e. The van der Waals surface area contributed by atoms with Crippen LogP contribution in [0.3, 0.4) is 0 Å². The van der Waals surface area contributed by atoms with Crippen LogP contribution < -0.4 is 10.6 Å². The van der Waals surface area contributed by atoms with Gasteiger partial charge in [-0.3, -0.25) is 14.4 Å². The number of quaternary nitrogens is 1. The number of amides is 1. The molecule has 210 valence electrons. The van der Waals surface area contributed by atoms with Gasteiger partial charge in [-0.1, -0.05) is 89.4 Å². The molecular weight excluding hydrogens is 497 g/mol. The minimum Gasteiger partial charge on any atom is -0.481 e. The van der Waals surface area contributed by atoms with Gasteiger partial charge in [-0.25, -0.2) is 0 Å². The number of nitrogens with one attached hydrogen (secondary N) is 1. The van der Waals surface area contributed by atoms with E-state index in [0.29, 0.717) is 39.6 Å². The highest BCUT2D eigenvalue weighted by Crippen LogP contribution is 2.33. The molecule has 38 heavy (non-hydrogen) atoms. The van der Waals surface area contributed by atoms with Crippen molar-refractivity contribution >= 4 is 25.6 Å². The number of aliphatic carboxylic acids is 1. The largest absolute Gasteiger partial charge is 0.481 e. The topological polar surface area (TPSA) is 105 Å². The van der Waals surface area contributed by atoms with Crippen LogP contribution in [-0.4, -0.2) is 85.9 Å². The van der Waals surface area contributed by atoms with Crippen molar-refractivity contribution in [2.75, 3.05) is 58.3 Å². The molecule has 2 aromatic carbocycles. The van der Waals surface area contributed by atoms with Gasteiger partial charge in [0.1, 0.15) is 6.54 Å². The minimum absolute atomic E-state index is 0.0163. The standard InChI is InChI=1S/C14H20N2O3.C14H20NOP.C2H6/c1-16(13(17)10-15)9-5-8-12(14(18)19)11-6-3-2-4-7-11;1-2-17-10-8-15(9-11-17)12-14(16)13-6-4-3-5-7-13;1-2/h2-4,6-7,12H,5,8-10,15H2,1H3,(H,18,19);3-7H,2,8-12H2,1H3;1-2H3/p+1. The maximum atomic E-state index is 12.0. The number of hydrogen-bond donors (Lipinski definition) is 3. The van der Waals surface area contributed by atoms with Crippen LogP contribution in [0.2, 0.25) is 0 Å². The van der Waals surface area contributed by atoms with E-state index >= 15 is 0 Å². The molecule has 1 saturated heterocycles. The maximum absolute atomic E-state index is 12.0. The summed E-state index contributed by atoms with van der Waals surface area (Å²) in [6.07, 6.45) is 5.19. The molecule has 1 aliphatic heterocycles. The molecule has 1 fully saturated rings. The third kappa shape index (κ3) is 12.3. The number of ketones is 1. The van der Waals surface area contributed by atoms with Crippen molar-refractivity contribution in [1.82, 2.24) is 4.90 Å². The zero-order valence-corrected chi connectivity index (χ0v) is 24.5. The van der Waals surface area contributed by atoms with Crippen LogP contribution in [-0.2, 0) is 9.59 Å². The Morgan fingerprint density at radius 3 is 2.05 bits per heavy atom. The number of carboxylic acid groups (broad SMARTS) is 1. The highest BCUT2D eigenvalue weighted by molar-refractivity contribution is 7.57. The summed E-state index contributed by atoms with van der Waals surface area (Å²) in [5.41, 5.74) is 6.92. The van der Waals surface area contributed by atoms with E-state index in [1.165, 1.54) is 41.4 Å². The fraction of sp³-hybridized carbons (Fsp3) is 0.500. The Hall–Kier alpha value is -2.60. The predicted molar refractivity (Wildman–Crippen MR) is 158 cm³/mol. The first-order chi connectivity index (χ1) is 18.3. The molecule has 4 N–H and O–H groups in total. The molecule has 7 nitrogen and oxygen atoms in total. The first-order valence-electron chi connectivity index (χ1n) is 13.7. The lowest BCUT2D eigenvalue weighted by atomic mass is 9.94. The molecular formula is C30H47N3O4P+. The van der Waals surface area contributed by atoms with E-state index in [0.717, 1.165) is 11.1 Å². The number of nitrogens with two attached hydrogens (primary N) is 1. The third-order valence-electron chi connectivity index (χ3n) is 6.60. The molecule has 0 radical (unpaired) electrons. The lowest BCUT2D eigenvalue weighted by molar-refractivity contribution is -0.887. The average molecular weight is 545 g/mol. The zero-order valence-electron chi connectivity index (χ0n) is 23.6. The lowest BCUT2D eigenvalue weighted by Gasteiger charge is -2.28. The van der Waals surface area contributed by atoms with Crippen molar-refractivity contribution in [2.24, 2.45) is 5.73 Å². The van der Waals surface area contributed by atoms with Crippen LogP contribution in [0.15, 0.2) is 60.7 Å². The number of carbonyl (C=O) groups is 3. The number of carbonyl (C=O) groups excluding carboxylic acids is 2. The number of nitrogens with zero attached hydrogens (tertiary/aromatic N) is 1. The molecule has 1 aliphatic rings. The highest BCUT2D eigenvalue weighted by Gasteiger charge is 2.23. The Morgan fingerprint density at radius 2 is 1.55 bits per heavy atom. The zero-order chi connectivity index (χ0) is 28.3. The summed E-state index contributed by atoms with van der Waals surface area (Å²) in [5.74, 6) is -1.20. The monoisotopic (exact) mass is 544 g/mol. The molecule has 0 aliphatic carbocycles. The van der Waals surface area contributed by atoms with Crippen molar-refractivity contribution in [3.05, 3.63) is 71.8 Å². The van der Waals surface area contributed by atoms with E-state index < -0.39 is 11.9 Å². The maximum Gasteiger partial charge on any atom is 0.310 e. The normalized spacial score (nSPS) is 17.1. The Bertz CT molecular complexity index is 935. The molecule has 1 atom stereocenters. The Balaban J connectivity index is 0.000000358. The molecule has 1 unspecified atom stereocenters. The summed E-state index contributed by atoms with van der Waals surface area (Å²) >= 11 is 0. The molecule has 0 bridgehead atoms. The number of hydrogen-bond acceptors (Lipinski definition) is 4. The van der Waals surface area contributed by atoms with Crippen molar-refractivity contribution in [2.45, 2.75) is 39.5 Å². The first kappa shape index (κ1) is 33.4. The lowest BCUT2D eigenvalue weighted by Crippen LogP contribution is -3.14. The van der Waals surface area contributed by atoms with Crippen molar-refractivity contribution < 1.29 is 24.4 Å². The van der Waals surface area contributed by atoms with E-state index in [-0.39, 0.29) is 12.5 Å². The molecule has 8 heteroatoms. The van der Waals surface area contributed by atoms with Gasteiger partial charge < -0.3 is 20.6 Å². The highest BCUT2D eigenvalue weighted by atomic mass is 31.1. The number of Topliss-reactive ketones (excluding diaryl/α,β-unsaturated/α-hetero) is 1. The Morgan fingerprint density at radius 1 is 1.00 bits per heavy atom. The van der Waals surface area contributed by atoms with E-state index in [1.54, 1.807) is 7.05 Å². The summed E-state index contributed by atoms with van der Waals surface area (Å²) in [4.78, 5) is 37.6. The number of carboxylic acids is 1. The molecule has 0 spiro atoms. The molecule has 2 aromatic rings. The van der Waals surface area contributed by atoms with Crippen molar-refractivity contribution in [1.29, 1.82) is 0 Å². The summed E-state index contributed by atoms with van der Waals surface area (Å²) in [6, 6.07) is 18.8. The summed E-state index contributed by atoms with van der Waals surface area (Å²) in [6.45, 7) is 9.86. The van der Waals surface area contributed by atoms with E-state index in [1.807, 2.05) is 74.5 Å². The summed E-state index contributed by atoms with van der Waals surface area (Å²) in [5, 5.41) is 9.25. The SMILES string of the molecule is CC.CCP1CC[NH+](CC(=O)c2ccccc2)CC1.CN(CCCC(C(=O)O)c1ccccc1)C(=O)CN. The Kier molecular flexibility index (Phi) is 17.1. The second kappa shape index (κ2) is 19.5. The van der Waals surface area contributed by atoms with Crippen molar-refractivity contribution in [3.63, 3.8) is 0 Å². The van der Waals surface area contributed by atoms with Crippen LogP contribution in [0.25, 0.3) is 0 Å². The van der Waals surface area contributed by atoms with Gasteiger partial charge >= 0.3 is 5.97 Å². The fourth-order valence-corrected chi connectivity index (χ4v) is 6.37. The van der Waals surface area contributed by atoms with Crippen LogP contribution in [0.1, 0.15) is 55.5 Å². The molecule has 1 heterocycles. The average Bonchev–Trinajstić information content (AvgIpc) is 2.97. The van der Waals surface area contributed by atoms with Gasteiger partial charge in [0.05, 0.1) is 25.6 Å². The predicted octanol–water partition coefficient (Wildman–Crippen LogP) is 3.35. The van der Waals surface area contributed by atoms with Gasteiger partial charge in [0.15, 0.2) is 0 Å². The van der Waals surface area contributed by atoms with Crippen LogP contribution in [0, 0.1) is 0 Å². The van der Waals surface area contributed by atoms with Crippen LogP contribution in [0.4, 0.5) is 0 Å². The molecule has 1 amide bonds. The number of benzene rings is 2. The van der Waals surface area contributed by atoms with E-state index in [4.69, 9.17) is 5.73 Å². The molecule has 0 aromatic heterocycles. The van der Waals surface area contributed by atoms with Crippen molar-refractivity contribution in [3.8, 4) is 0 Å². The second-order valence-corrected chi connectivity index (χ2v) is 12.0. The first-order valence-corrected chi connectivity index (χ1v) is 15.6. The van der Waals surface area contributed by atoms with Gasteiger partial charge in [0.25, 0.3) is 0 Å². The van der Waals surface area contributed by atoms with Gasteiger partial charge in [-0.2, -0.15) is 0 Å². The summed E-state index contributed by atoms with van der Waals surface area (Å²) < 4.78 is 0. The van der Waals surface area contributed by atoms with Crippen LogP contribution >= 0.6 is 7.92 Å². The minimum atomic E-state index is -0.834. The van der Waals surface area contributed by atoms with Gasteiger partial charge in [0.2, 0.25) is 11.7 Å². The quantitative estimate of drug-likeness (QED) is 0.297. The Labute approximate surface area is 230 Å².